The number of carbonyl (C=O) groups is 3. The van der Waals surface area contributed by atoms with Gasteiger partial charge in [-0.05, 0) is 25.0 Å². The van der Waals surface area contributed by atoms with Crippen LogP contribution in [0.2, 0.25) is 0 Å². The Kier molecular flexibility index (Phi) is 4.26. The van der Waals surface area contributed by atoms with E-state index in [1.807, 2.05) is 19.1 Å². The molecule has 1 heterocycles. The van der Waals surface area contributed by atoms with Crippen LogP contribution < -0.4 is 0 Å². The third-order valence-corrected chi connectivity index (χ3v) is 3.91. The molecule has 0 aromatic heterocycles. The van der Waals surface area contributed by atoms with Crippen molar-refractivity contribution in [2.24, 2.45) is 11.8 Å². The van der Waals surface area contributed by atoms with Gasteiger partial charge in [-0.25, -0.2) is 0 Å². The van der Waals surface area contributed by atoms with Crippen molar-refractivity contribution < 1.29 is 24.6 Å². The molecule has 0 radical (unpaired) electrons. The summed E-state index contributed by atoms with van der Waals surface area (Å²) in [4.78, 5) is 36.2. The molecule has 0 saturated carbocycles. The minimum atomic E-state index is -1.18. The van der Waals surface area contributed by atoms with Crippen LogP contribution in [0.3, 0.4) is 0 Å². The molecule has 0 aliphatic carbocycles. The maximum absolute atomic E-state index is 12.5. The Morgan fingerprint density at radius 1 is 1.10 bits per heavy atom. The van der Waals surface area contributed by atoms with Crippen molar-refractivity contribution >= 4 is 17.8 Å². The summed E-state index contributed by atoms with van der Waals surface area (Å²) in [7, 11) is 0. The lowest BCUT2D eigenvalue weighted by atomic mass is 9.85. The number of amides is 1. The Morgan fingerprint density at radius 3 is 2.29 bits per heavy atom. The number of carboxylic acids is 2. The molecule has 1 aromatic rings. The minimum Gasteiger partial charge on any atom is -0.481 e. The maximum atomic E-state index is 12.5. The van der Waals surface area contributed by atoms with E-state index in [0.717, 1.165) is 5.56 Å². The van der Waals surface area contributed by atoms with Crippen LogP contribution in [0.5, 0.6) is 0 Å². The topological polar surface area (TPSA) is 94.9 Å². The summed E-state index contributed by atoms with van der Waals surface area (Å²) in [5.74, 6) is -4.55. The summed E-state index contributed by atoms with van der Waals surface area (Å²) >= 11 is 0. The fraction of sp³-hybridized carbons (Fsp3) is 0.400. The zero-order valence-corrected chi connectivity index (χ0v) is 11.7. The van der Waals surface area contributed by atoms with Crippen molar-refractivity contribution in [2.75, 3.05) is 13.1 Å². The number of hydrogen-bond donors (Lipinski definition) is 2. The molecule has 0 bridgehead atoms. The molecular formula is C15H17NO5. The van der Waals surface area contributed by atoms with Crippen molar-refractivity contribution in [1.29, 1.82) is 0 Å². The first-order valence-corrected chi connectivity index (χ1v) is 6.72. The Hall–Kier alpha value is -2.37. The fourth-order valence-corrected chi connectivity index (χ4v) is 2.67. The maximum Gasteiger partial charge on any atom is 0.309 e. The van der Waals surface area contributed by atoms with E-state index in [1.54, 1.807) is 12.1 Å². The molecular weight excluding hydrogens is 274 g/mol. The SMILES string of the molecule is Cc1ccccc1C(=O)N1CCC(C(=O)O)C(C(=O)O)C1. The van der Waals surface area contributed by atoms with Gasteiger partial charge < -0.3 is 15.1 Å². The summed E-state index contributed by atoms with van der Waals surface area (Å²) in [5, 5.41) is 18.3. The average Bonchev–Trinajstić information content (AvgIpc) is 2.46. The first-order chi connectivity index (χ1) is 9.91. The summed E-state index contributed by atoms with van der Waals surface area (Å²) in [6.07, 6.45) is 0.157. The van der Waals surface area contributed by atoms with Gasteiger partial charge in [-0.1, -0.05) is 18.2 Å². The van der Waals surface area contributed by atoms with Crippen LogP contribution in [-0.4, -0.2) is 46.0 Å². The fourth-order valence-electron chi connectivity index (χ4n) is 2.67. The lowest BCUT2D eigenvalue weighted by molar-refractivity contribution is -0.156. The van der Waals surface area contributed by atoms with E-state index in [0.29, 0.717) is 5.56 Å². The molecule has 1 aromatic carbocycles. The molecule has 6 nitrogen and oxygen atoms in total. The zero-order valence-electron chi connectivity index (χ0n) is 11.7. The highest BCUT2D eigenvalue weighted by molar-refractivity contribution is 5.96. The molecule has 1 aliphatic heterocycles. The predicted molar refractivity (Wildman–Crippen MR) is 74.0 cm³/mol. The van der Waals surface area contributed by atoms with Gasteiger partial charge in [0.15, 0.2) is 0 Å². The summed E-state index contributed by atoms with van der Waals surface area (Å²) < 4.78 is 0. The second-order valence-electron chi connectivity index (χ2n) is 5.24. The third-order valence-electron chi connectivity index (χ3n) is 3.91. The number of carbonyl (C=O) groups excluding carboxylic acids is 1. The summed E-state index contributed by atoms with van der Waals surface area (Å²) in [6.45, 7) is 2.00. The lowest BCUT2D eigenvalue weighted by Gasteiger charge is -2.34. The molecule has 2 N–H and O–H groups in total. The molecule has 6 heteroatoms. The van der Waals surface area contributed by atoms with Gasteiger partial charge in [0.1, 0.15) is 0 Å². The van der Waals surface area contributed by atoms with Gasteiger partial charge in [-0.15, -0.1) is 0 Å². The molecule has 0 spiro atoms. The van der Waals surface area contributed by atoms with Crippen molar-refractivity contribution in [3.8, 4) is 0 Å². The number of nitrogens with zero attached hydrogens (tertiary/aromatic N) is 1. The van der Waals surface area contributed by atoms with E-state index in [4.69, 9.17) is 5.11 Å². The van der Waals surface area contributed by atoms with E-state index in [9.17, 15) is 19.5 Å². The number of piperidine rings is 1. The normalized spacial score (nSPS) is 21.9. The van der Waals surface area contributed by atoms with Gasteiger partial charge in [0.25, 0.3) is 5.91 Å². The molecule has 1 saturated heterocycles. The largest absolute Gasteiger partial charge is 0.481 e. The van der Waals surface area contributed by atoms with Crippen LogP contribution in [0.25, 0.3) is 0 Å². The predicted octanol–water partition coefficient (Wildman–Crippen LogP) is 1.24. The van der Waals surface area contributed by atoms with Crippen LogP contribution >= 0.6 is 0 Å². The average molecular weight is 291 g/mol. The molecule has 112 valence electrons. The molecule has 2 rings (SSSR count). The Bertz CT molecular complexity index is 583. The second kappa shape index (κ2) is 5.95. The van der Waals surface area contributed by atoms with Crippen LogP contribution in [0.4, 0.5) is 0 Å². The van der Waals surface area contributed by atoms with Crippen molar-refractivity contribution in [1.82, 2.24) is 4.90 Å². The number of hydrogen-bond acceptors (Lipinski definition) is 3. The highest BCUT2D eigenvalue weighted by Crippen LogP contribution is 2.26. The number of aliphatic carboxylic acids is 2. The lowest BCUT2D eigenvalue weighted by Crippen LogP contribution is -2.48. The van der Waals surface area contributed by atoms with E-state index in [-0.39, 0.29) is 25.4 Å². The van der Waals surface area contributed by atoms with Crippen molar-refractivity contribution in [3.05, 3.63) is 35.4 Å². The van der Waals surface area contributed by atoms with Crippen LogP contribution in [0.1, 0.15) is 22.3 Å². The summed E-state index contributed by atoms with van der Waals surface area (Å²) in [6, 6.07) is 7.07. The standard InChI is InChI=1S/C15H17NO5/c1-9-4-2-3-5-10(9)13(17)16-7-6-11(14(18)19)12(8-16)15(20)21/h2-5,11-12H,6-8H2,1H3,(H,18,19)(H,20,21). The van der Waals surface area contributed by atoms with Crippen LogP contribution in [-0.2, 0) is 9.59 Å². The molecule has 1 amide bonds. The molecule has 1 fully saturated rings. The third kappa shape index (κ3) is 3.04. The van der Waals surface area contributed by atoms with E-state index < -0.39 is 23.8 Å². The highest BCUT2D eigenvalue weighted by atomic mass is 16.4. The van der Waals surface area contributed by atoms with Crippen LogP contribution in [0, 0.1) is 18.8 Å². The number of aryl methyl sites for hydroxylation is 1. The monoisotopic (exact) mass is 291 g/mol. The Balaban J connectivity index is 2.20. The van der Waals surface area contributed by atoms with E-state index in [2.05, 4.69) is 0 Å². The van der Waals surface area contributed by atoms with Crippen LogP contribution in [0.15, 0.2) is 24.3 Å². The van der Waals surface area contributed by atoms with Gasteiger partial charge in [-0.3, -0.25) is 14.4 Å². The Morgan fingerprint density at radius 2 is 1.71 bits per heavy atom. The number of carboxylic acid groups (broad SMARTS) is 2. The quantitative estimate of drug-likeness (QED) is 0.873. The second-order valence-corrected chi connectivity index (χ2v) is 5.24. The molecule has 2 unspecified atom stereocenters. The van der Waals surface area contributed by atoms with Gasteiger partial charge in [-0.2, -0.15) is 0 Å². The smallest absolute Gasteiger partial charge is 0.309 e. The number of likely N-dealkylation sites (tertiary alicyclic amines) is 1. The first-order valence-electron chi connectivity index (χ1n) is 6.72. The molecule has 21 heavy (non-hydrogen) atoms. The van der Waals surface area contributed by atoms with Gasteiger partial charge in [0.2, 0.25) is 0 Å². The van der Waals surface area contributed by atoms with Crippen molar-refractivity contribution in [3.63, 3.8) is 0 Å². The van der Waals surface area contributed by atoms with E-state index >= 15 is 0 Å². The Labute approximate surface area is 122 Å². The van der Waals surface area contributed by atoms with Gasteiger partial charge in [0.05, 0.1) is 11.8 Å². The van der Waals surface area contributed by atoms with Gasteiger partial charge in [0, 0.05) is 18.7 Å². The van der Waals surface area contributed by atoms with E-state index in [1.165, 1.54) is 4.90 Å². The summed E-state index contributed by atoms with van der Waals surface area (Å²) in [5.41, 5.74) is 1.34. The molecule has 2 atom stereocenters. The van der Waals surface area contributed by atoms with Crippen molar-refractivity contribution in [2.45, 2.75) is 13.3 Å². The zero-order chi connectivity index (χ0) is 15.6. The molecule has 1 aliphatic rings. The first kappa shape index (κ1) is 15.0. The minimum absolute atomic E-state index is 0.0700. The highest BCUT2D eigenvalue weighted by Gasteiger charge is 2.40. The number of benzene rings is 1. The van der Waals surface area contributed by atoms with Gasteiger partial charge >= 0.3 is 11.9 Å². The number of rotatable bonds is 3.